The van der Waals surface area contributed by atoms with Crippen molar-refractivity contribution < 1.29 is 167 Å². The molecule has 0 aromatic rings. The fourth-order valence-corrected chi connectivity index (χ4v) is 7.22. The zero-order chi connectivity index (χ0) is 93.3. The number of hydrogen-bond acceptors (Lipinski definition) is 35. The van der Waals surface area contributed by atoms with E-state index in [1.807, 2.05) is 13.8 Å². The maximum atomic E-state index is 11.3. The first-order valence-corrected chi connectivity index (χ1v) is 39.3. The van der Waals surface area contributed by atoms with Crippen LogP contribution in [0.15, 0.2) is 0 Å². The summed E-state index contributed by atoms with van der Waals surface area (Å²) in [6.45, 7) is 25.9. The largest absolute Gasteiger partial charge is 0.469 e. The molecule has 0 aromatic heterocycles. The molecule has 0 aliphatic carbocycles. The summed E-state index contributed by atoms with van der Waals surface area (Å²) in [6.07, 6.45) is 7.11. The molecule has 2 amide bonds. The van der Waals surface area contributed by atoms with Crippen LogP contribution in [0.2, 0.25) is 0 Å². The van der Waals surface area contributed by atoms with Gasteiger partial charge in [0.05, 0.1) is 160 Å². The van der Waals surface area contributed by atoms with Gasteiger partial charge < -0.3 is 124 Å². The molecule has 37 nitrogen and oxygen atoms in total. The number of rotatable bonds is 62. The molecule has 0 radical (unpaired) electrons. The van der Waals surface area contributed by atoms with E-state index < -0.39 is 6.10 Å². The van der Waals surface area contributed by atoms with Gasteiger partial charge in [-0.25, -0.2) is 4.79 Å². The van der Waals surface area contributed by atoms with E-state index in [-0.39, 0.29) is 126 Å². The molecule has 0 bridgehead atoms. The molecule has 0 heterocycles. The van der Waals surface area contributed by atoms with Gasteiger partial charge in [-0.3, -0.25) is 47.9 Å². The molecular formula is C82H158N2O35. The summed E-state index contributed by atoms with van der Waals surface area (Å²) < 4.78 is 101. The molecule has 37 heteroatoms. The average Bonchev–Trinajstić information content (AvgIpc) is 0.969. The lowest BCUT2D eigenvalue weighted by molar-refractivity contribution is -0.153. The number of esters is 5. The highest BCUT2D eigenvalue weighted by molar-refractivity contribution is 5.85. The van der Waals surface area contributed by atoms with Crippen LogP contribution < -0.4 is 0 Å². The van der Waals surface area contributed by atoms with Crippen LogP contribution in [0.4, 0.5) is 0 Å². The van der Waals surface area contributed by atoms with Gasteiger partial charge in [-0.15, -0.1) is 0 Å². The first kappa shape index (κ1) is 133. The molecule has 0 N–H and O–H groups in total. The van der Waals surface area contributed by atoms with Crippen LogP contribution in [0.3, 0.4) is 0 Å². The predicted molar refractivity (Wildman–Crippen MR) is 444 cm³/mol. The number of carbonyl (C=O) groups excluding carboxylic acids is 14. The number of Topliss-reactive ketones (excluding diaryl/α,β-unsaturated/α-hetero) is 7. The Morgan fingerprint density at radius 2 is 0.546 bits per heavy atom. The Morgan fingerprint density at radius 1 is 0.252 bits per heavy atom. The lowest BCUT2D eigenvalue weighted by Crippen LogP contribution is -2.30. The van der Waals surface area contributed by atoms with E-state index in [0.717, 1.165) is 19.3 Å². The number of nitrogens with zero attached hydrogens (tertiary/aromatic N) is 2. The molecule has 0 saturated carbocycles. The normalized spacial score (nSPS) is 10.9. The first-order chi connectivity index (χ1) is 56.4. The molecule has 0 aliphatic rings. The van der Waals surface area contributed by atoms with Crippen LogP contribution in [0.1, 0.15) is 178 Å². The summed E-state index contributed by atoms with van der Waals surface area (Å²) in [7, 11) is 26.1. The predicted octanol–water partition coefficient (Wildman–Crippen LogP) is 6.87. The molecule has 119 heavy (non-hydrogen) atoms. The minimum atomic E-state index is -0.504. The van der Waals surface area contributed by atoms with E-state index in [1.54, 1.807) is 118 Å². The molecule has 0 rings (SSSR count). The summed E-state index contributed by atoms with van der Waals surface area (Å²) in [5.74, 6) is -0.774. The van der Waals surface area contributed by atoms with Gasteiger partial charge in [0.25, 0.3) is 0 Å². The Kier molecular flexibility index (Phi) is 120. The molecular weight excluding hydrogens is 1570 g/mol. The van der Waals surface area contributed by atoms with Crippen LogP contribution in [0, 0.1) is 0 Å². The topological polar surface area (TPSA) is 439 Å². The van der Waals surface area contributed by atoms with Crippen molar-refractivity contribution in [1.29, 1.82) is 0 Å². The molecule has 0 aliphatic heterocycles. The Labute approximate surface area is 711 Å². The van der Waals surface area contributed by atoms with Gasteiger partial charge in [-0.1, -0.05) is 0 Å². The van der Waals surface area contributed by atoms with Crippen molar-refractivity contribution in [3.05, 3.63) is 0 Å². The third-order valence-corrected chi connectivity index (χ3v) is 14.4. The average molecular weight is 1730 g/mol. The standard InChI is InChI=1S/C9H17NO4.C9H17NO3.C9H16O4.C9H16O3.2C8H16O4.2C8H16O3.C7H14O4.C7H14O3/c1-10(6-7-13-2)8(11)4-5-9(12)14-3;1-8(11)4-5-9(12)10(2)6-7-13-3;1-12-7-3-4-8(10)5-6-9(11)13-2;1-8(10)5-6-9(11)4-3-7-12-2;1-7(6-8(9)11-3)12-5-4-10-2;1-10-6-7-12-5-3-4-8(9)11-2;1-7(9)6-8(2)11-5-4-10-3;1-8(9)4-3-5-11-7-6-10-2;1-6(7(8)10-3)11-5-4-9-2;1-6(8)7(2)10-5-4-9-3/h4-7H2,1-3H3;4-7H2,1-3H3;3-7H2,1-2H3;3-7H2,1-2H3;7H,4-6H2,1-3H3;3-7H2,1-2H3;8H,4-6H2,1-3H3;3-7H2,1-2H3;6H,4-5H2,1-3H3;7H,4-5H2,1-3H3. The van der Waals surface area contributed by atoms with Crippen molar-refractivity contribution >= 4 is 82.1 Å². The fourth-order valence-electron chi connectivity index (χ4n) is 7.22. The molecule has 706 valence electrons. The lowest BCUT2D eigenvalue weighted by atomic mass is 10.1. The third-order valence-electron chi connectivity index (χ3n) is 14.4. The maximum absolute atomic E-state index is 11.3. The van der Waals surface area contributed by atoms with Crippen LogP contribution >= 0.6 is 0 Å². The minimum Gasteiger partial charge on any atom is -0.469 e. The second kappa shape index (κ2) is 107. The van der Waals surface area contributed by atoms with Gasteiger partial charge in [0.15, 0.2) is 11.9 Å². The molecule has 0 saturated heterocycles. The summed E-state index contributed by atoms with van der Waals surface area (Å²) in [5, 5.41) is 0. The fraction of sp³-hybridized carbons (Fsp3) is 0.829. The van der Waals surface area contributed by atoms with Gasteiger partial charge in [0.1, 0.15) is 40.8 Å². The number of methoxy groups -OCH3 is 15. The first-order valence-electron chi connectivity index (χ1n) is 39.3. The van der Waals surface area contributed by atoms with Gasteiger partial charge in [0, 0.05) is 195 Å². The van der Waals surface area contributed by atoms with Gasteiger partial charge >= 0.3 is 29.8 Å². The van der Waals surface area contributed by atoms with Gasteiger partial charge in [0.2, 0.25) is 11.8 Å². The number of hydrogen-bond donors (Lipinski definition) is 0. The SMILES string of the molecule is COCCCC(=O)CCC(=O)OC.COCCCC(=O)CCC(C)=O.COCCN(C)C(=O)CCC(=O)OC.COCCN(C)C(=O)CCC(C)=O.COCCOC(C)C(=O)OC.COCCOC(C)C(C)=O.COCCOC(C)CC(=O)OC.COCCOC(C)CC(C)=O.COCCOCCCC(=O)OC.COCCOCCCC(C)=O. The van der Waals surface area contributed by atoms with E-state index >= 15 is 0 Å². The molecule has 4 atom stereocenters. The smallest absolute Gasteiger partial charge is 0.334 e. The molecule has 0 spiro atoms. The highest BCUT2D eigenvalue weighted by atomic mass is 16.6. The second-order valence-corrected chi connectivity index (χ2v) is 25.3. The summed E-state index contributed by atoms with van der Waals surface area (Å²) >= 11 is 0. The number of amides is 2. The Morgan fingerprint density at radius 3 is 0.882 bits per heavy atom. The van der Waals surface area contributed by atoms with Crippen molar-refractivity contribution in [2.45, 2.75) is 202 Å². The number of ether oxygens (including phenoxy) is 21. The Hall–Kier alpha value is -6.66. The monoisotopic (exact) mass is 1730 g/mol. The highest BCUT2D eigenvalue weighted by Gasteiger charge is 2.15. The summed E-state index contributed by atoms with van der Waals surface area (Å²) in [4.78, 5) is 154. The zero-order valence-electron chi connectivity index (χ0n) is 77.4. The van der Waals surface area contributed by atoms with E-state index in [2.05, 4.69) is 23.7 Å². The Bertz CT molecular complexity index is 2420. The van der Waals surface area contributed by atoms with Crippen LogP contribution in [0.5, 0.6) is 0 Å². The summed E-state index contributed by atoms with van der Waals surface area (Å²) in [5.41, 5.74) is 0. The highest BCUT2D eigenvalue weighted by Crippen LogP contribution is 2.04. The molecule has 0 aromatic carbocycles. The van der Waals surface area contributed by atoms with E-state index in [0.29, 0.717) is 203 Å². The van der Waals surface area contributed by atoms with Crippen molar-refractivity contribution in [3.8, 4) is 0 Å². The Balaban J connectivity index is -0.000000139. The number of likely N-dealkylation sites (N-methyl/N-ethyl adjacent to an activating group) is 2. The number of carbonyl (C=O) groups is 14. The summed E-state index contributed by atoms with van der Waals surface area (Å²) in [6, 6.07) is 0. The van der Waals surface area contributed by atoms with Crippen LogP contribution in [-0.4, -0.2) is 369 Å². The molecule has 0 fully saturated rings. The van der Waals surface area contributed by atoms with Crippen LogP contribution in [0.25, 0.3) is 0 Å². The van der Waals surface area contributed by atoms with Crippen molar-refractivity contribution in [2.24, 2.45) is 0 Å². The lowest BCUT2D eigenvalue weighted by Gasteiger charge is -2.15. The van der Waals surface area contributed by atoms with Gasteiger partial charge in [-0.2, -0.15) is 0 Å². The van der Waals surface area contributed by atoms with E-state index in [1.165, 1.54) is 61.2 Å². The van der Waals surface area contributed by atoms with E-state index in [9.17, 15) is 67.1 Å². The van der Waals surface area contributed by atoms with Crippen LogP contribution in [-0.2, 0) is 167 Å². The second-order valence-electron chi connectivity index (χ2n) is 25.3. The molecule has 4 unspecified atom stereocenters. The van der Waals surface area contributed by atoms with E-state index in [4.69, 9.17) is 75.8 Å². The van der Waals surface area contributed by atoms with Gasteiger partial charge in [-0.05, 0) is 88.0 Å². The van der Waals surface area contributed by atoms with Crippen molar-refractivity contribution in [1.82, 2.24) is 9.80 Å². The number of ketones is 7. The zero-order valence-corrected chi connectivity index (χ0v) is 77.4. The maximum Gasteiger partial charge on any atom is 0.334 e. The van der Waals surface area contributed by atoms with Crippen molar-refractivity contribution in [2.75, 3.05) is 253 Å². The third kappa shape index (κ3) is 130. The quantitative estimate of drug-likeness (QED) is 0.0340. The van der Waals surface area contributed by atoms with Crippen molar-refractivity contribution in [3.63, 3.8) is 0 Å². The minimum absolute atomic E-state index is 0.00718.